The number of aryl methyl sites for hydroxylation is 2. The van der Waals surface area contributed by atoms with Crippen LogP contribution in [-0.4, -0.2) is 23.0 Å². The first-order valence-corrected chi connectivity index (χ1v) is 9.67. The quantitative estimate of drug-likeness (QED) is 0.320. The van der Waals surface area contributed by atoms with Gasteiger partial charge in [-0.15, -0.1) is 0 Å². The molecule has 0 atom stereocenters. The molecule has 4 rings (SSSR count). The van der Waals surface area contributed by atoms with Crippen molar-refractivity contribution in [2.45, 2.75) is 19.8 Å². The summed E-state index contributed by atoms with van der Waals surface area (Å²) >= 11 is 0. The van der Waals surface area contributed by atoms with Gasteiger partial charge in [-0.1, -0.05) is 36.1 Å². The molecular formula is C25H21N3O2. The zero-order valence-corrected chi connectivity index (χ0v) is 16.9. The molecule has 148 valence electrons. The highest BCUT2D eigenvalue weighted by atomic mass is 16.5. The normalized spacial score (nSPS) is 10.6. The third-order valence-corrected chi connectivity index (χ3v) is 4.97. The van der Waals surface area contributed by atoms with Crippen molar-refractivity contribution in [1.82, 2.24) is 9.97 Å². The van der Waals surface area contributed by atoms with E-state index in [4.69, 9.17) is 5.73 Å². The SMILES string of the molecule is COC(=O)CCc1ccc(C#Cc2cnc3c(N)nc4cc(C)ccc4c3c2)cc1. The standard InChI is InChI=1S/C25H21N3O2/c1-16-3-11-20-21-14-19(15-27-24(21)25(26)28-22(20)13-16)9-8-17-4-6-18(7-5-17)10-12-23(29)30-2/h3-7,11,13-15H,10,12H2,1-2H3,(H2,26,28). The van der Waals surface area contributed by atoms with Crippen LogP contribution >= 0.6 is 0 Å². The lowest BCUT2D eigenvalue weighted by molar-refractivity contribution is -0.140. The monoisotopic (exact) mass is 395 g/mol. The lowest BCUT2D eigenvalue weighted by Gasteiger charge is -2.07. The number of benzene rings is 2. The second kappa shape index (κ2) is 8.22. The van der Waals surface area contributed by atoms with Crippen molar-refractivity contribution in [2.24, 2.45) is 0 Å². The van der Waals surface area contributed by atoms with Crippen LogP contribution in [0.2, 0.25) is 0 Å². The van der Waals surface area contributed by atoms with E-state index in [0.29, 0.717) is 24.2 Å². The predicted octanol–water partition coefficient (Wildman–Crippen LogP) is 4.18. The summed E-state index contributed by atoms with van der Waals surface area (Å²) in [6.07, 6.45) is 2.74. The number of hydrogen-bond donors (Lipinski definition) is 1. The molecule has 0 amide bonds. The summed E-state index contributed by atoms with van der Waals surface area (Å²) in [5.74, 6) is 6.57. The van der Waals surface area contributed by atoms with Gasteiger partial charge >= 0.3 is 5.97 Å². The summed E-state index contributed by atoms with van der Waals surface area (Å²) in [6, 6.07) is 16.0. The number of anilines is 1. The molecule has 2 aromatic heterocycles. The fraction of sp³-hybridized carbons (Fsp3) is 0.160. The van der Waals surface area contributed by atoms with Gasteiger partial charge in [0.05, 0.1) is 12.6 Å². The lowest BCUT2D eigenvalue weighted by atomic mass is 10.1. The number of nitrogens with two attached hydrogens (primary N) is 1. The second-order valence-electron chi connectivity index (χ2n) is 7.16. The molecule has 0 aliphatic heterocycles. The number of methoxy groups -OCH3 is 1. The first-order valence-electron chi connectivity index (χ1n) is 9.67. The molecule has 0 fully saturated rings. The molecule has 2 heterocycles. The number of nitrogen functional groups attached to an aromatic ring is 1. The molecule has 0 saturated carbocycles. The van der Waals surface area contributed by atoms with Gasteiger partial charge in [0.25, 0.3) is 0 Å². The van der Waals surface area contributed by atoms with Gasteiger partial charge in [-0.05, 0) is 48.7 Å². The minimum atomic E-state index is -0.207. The Kier molecular flexibility index (Phi) is 5.32. The number of fused-ring (bicyclic) bond motifs is 3. The molecular weight excluding hydrogens is 374 g/mol. The number of carbonyl (C=O) groups is 1. The molecule has 0 bridgehead atoms. The van der Waals surface area contributed by atoms with Gasteiger partial charge in [-0.25, -0.2) is 4.98 Å². The van der Waals surface area contributed by atoms with E-state index in [9.17, 15) is 4.79 Å². The number of carbonyl (C=O) groups excluding carboxylic acids is 1. The third kappa shape index (κ3) is 4.08. The van der Waals surface area contributed by atoms with E-state index in [0.717, 1.165) is 38.5 Å². The molecule has 30 heavy (non-hydrogen) atoms. The van der Waals surface area contributed by atoms with Crippen molar-refractivity contribution in [1.29, 1.82) is 0 Å². The smallest absolute Gasteiger partial charge is 0.305 e. The average molecular weight is 395 g/mol. The Labute approximate surface area is 174 Å². The van der Waals surface area contributed by atoms with Crippen molar-refractivity contribution in [3.63, 3.8) is 0 Å². The highest BCUT2D eigenvalue weighted by Gasteiger charge is 2.08. The Bertz CT molecular complexity index is 1320. The van der Waals surface area contributed by atoms with E-state index in [-0.39, 0.29) is 5.97 Å². The summed E-state index contributed by atoms with van der Waals surface area (Å²) in [5.41, 5.74) is 11.6. The first-order chi connectivity index (χ1) is 14.5. The van der Waals surface area contributed by atoms with Gasteiger partial charge in [0.15, 0.2) is 5.82 Å². The fourth-order valence-electron chi connectivity index (χ4n) is 3.33. The Morgan fingerprint density at radius 1 is 1.03 bits per heavy atom. The van der Waals surface area contributed by atoms with Crippen LogP contribution in [0.5, 0.6) is 0 Å². The molecule has 2 N–H and O–H groups in total. The van der Waals surface area contributed by atoms with Crippen molar-refractivity contribution in [2.75, 3.05) is 12.8 Å². The van der Waals surface area contributed by atoms with E-state index in [2.05, 4.69) is 32.6 Å². The number of nitrogens with zero attached hydrogens (tertiary/aromatic N) is 2. The number of ether oxygens (including phenoxy) is 1. The van der Waals surface area contributed by atoms with Crippen LogP contribution in [0.3, 0.4) is 0 Å². The van der Waals surface area contributed by atoms with Crippen molar-refractivity contribution in [3.05, 3.63) is 77.0 Å². The number of pyridine rings is 2. The van der Waals surface area contributed by atoms with Crippen LogP contribution in [0.25, 0.3) is 21.8 Å². The van der Waals surface area contributed by atoms with Crippen LogP contribution in [0, 0.1) is 18.8 Å². The van der Waals surface area contributed by atoms with E-state index < -0.39 is 0 Å². The Morgan fingerprint density at radius 3 is 2.57 bits per heavy atom. The summed E-state index contributed by atoms with van der Waals surface area (Å²) < 4.78 is 4.67. The first kappa shape index (κ1) is 19.4. The average Bonchev–Trinajstić information content (AvgIpc) is 2.76. The second-order valence-corrected chi connectivity index (χ2v) is 7.16. The van der Waals surface area contributed by atoms with E-state index in [1.54, 1.807) is 6.20 Å². The molecule has 0 radical (unpaired) electrons. The van der Waals surface area contributed by atoms with E-state index in [1.807, 2.05) is 49.4 Å². The number of esters is 1. The summed E-state index contributed by atoms with van der Waals surface area (Å²) in [7, 11) is 1.40. The van der Waals surface area contributed by atoms with Gasteiger partial charge in [-0.2, -0.15) is 0 Å². The maximum atomic E-state index is 11.3. The van der Waals surface area contributed by atoms with Crippen molar-refractivity contribution >= 4 is 33.6 Å². The van der Waals surface area contributed by atoms with Gasteiger partial charge < -0.3 is 10.5 Å². The molecule has 0 aliphatic rings. The van der Waals surface area contributed by atoms with Gasteiger partial charge in [0.1, 0.15) is 5.52 Å². The highest BCUT2D eigenvalue weighted by Crippen LogP contribution is 2.27. The molecule has 0 spiro atoms. The highest BCUT2D eigenvalue weighted by molar-refractivity contribution is 6.08. The molecule has 0 saturated heterocycles. The summed E-state index contributed by atoms with van der Waals surface area (Å²) in [5, 5.41) is 1.96. The van der Waals surface area contributed by atoms with Gasteiger partial charge in [-0.3, -0.25) is 9.78 Å². The number of aromatic nitrogens is 2. The molecule has 2 aromatic carbocycles. The largest absolute Gasteiger partial charge is 0.469 e. The van der Waals surface area contributed by atoms with Crippen LogP contribution in [-0.2, 0) is 16.0 Å². The molecule has 5 nitrogen and oxygen atoms in total. The maximum Gasteiger partial charge on any atom is 0.305 e. The predicted molar refractivity (Wildman–Crippen MR) is 119 cm³/mol. The van der Waals surface area contributed by atoms with Gasteiger partial charge in [0, 0.05) is 34.5 Å². The zero-order chi connectivity index (χ0) is 21.1. The van der Waals surface area contributed by atoms with Crippen LogP contribution in [0.15, 0.2) is 54.7 Å². The van der Waals surface area contributed by atoms with E-state index >= 15 is 0 Å². The maximum absolute atomic E-state index is 11.3. The van der Waals surface area contributed by atoms with Gasteiger partial charge in [0.2, 0.25) is 0 Å². The Morgan fingerprint density at radius 2 is 1.80 bits per heavy atom. The van der Waals surface area contributed by atoms with Crippen LogP contribution in [0.4, 0.5) is 5.82 Å². The Balaban J connectivity index is 1.63. The molecule has 5 heteroatoms. The van der Waals surface area contributed by atoms with Crippen LogP contribution < -0.4 is 5.73 Å². The minimum absolute atomic E-state index is 0.207. The van der Waals surface area contributed by atoms with Crippen LogP contribution in [0.1, 0.15) is 28.7 Å². The minimum Gasteiger partial charge on any atom is -0.469 e. The molecule has 4 aromatic rings. The van der Waals surface area contributed by atoms with E-state index in [1.165, 1.54) is 7.11 Å². The summed E-state index contributed by atoms with van der Waals surface area (Å²) in [4.78, 5) is 20.2. The summed E-state index contributed by atoms with van der Waals surface area (Å²) in [6.45, 7) is 2.03. The van der Waals surface area contributed by atoms with Crippen molar-refractivity contribution in [3.8, 4) is 11.8 Å². The topological polar surface area (TPSA) is 78.1 Å². The number of hydrogen-bond acceptors (Lipinski definition) is 5. The molecule has 0 aliphatic carbocycles. The Hall–Kier alpha value is -3.91. The fourth-order valence-corrected chi connectivity index (χ4v) is 3.33. The lowest BCUT2D eigenvalue weighted by Crippen LogP contribution is -2.01. The van der Waals surface area contributed by atoms with Crippen molar-refractivity contribution < 1.29 is 9.53 Å². The number of rotatable bonds is 3. The molecule has 0 unspecified atom stereocenters. The third-order valence-electron chi connectivity index (χ3n) is 4.97. The zero-order valence-electron chi connectivity index (χ0n) is 16.9.